The maximum Gasteiger partial charge on any atom is 0.319 e. The molecule has 0 spiro atoms. The van der Waals surface area contributed by atoms with Crippen molar-refractivity contribution in [1.29, 1.82) is 0 Å². The maximum absolute atomic E-state index is 13.6. The number of likely N-dealkylation sites (tertiary alicyclic amines) is 1. The first-order chi connectivity index (χ1) is 12.1. The number of nitrogens with one attached hydrogen (secondary N) is 2. The highest BCUT2D eigenvalue weighted by Crippen LogP contribution is 2.16. The highest BCUT2D eigenvalue weighted by molar-refractivity contribution is 5.89. The molecule has 2 amide bonds. The van der Waals surface area contributed by atoms with Crippen LogP contribution in [0.1, 0.15) is 18.4 Å². The van der Waals surface area contributed by atoms with Gasteiger partial charge in [0.1, 0.15) is 11.6 Å². The number of hydrogen-bond donors (Lipinski definition) is 2. The first-order valence-corrected chi connectivity index (χ1v) is 8.39. The highest BCUT2D eigenvalue weighted by Gasteiger charge is 2.21. The minimum atomic E-state index is -0.784. The second-order valence-corrected chi connectivity index (χ2v) is 6.26. The van der Waals surface area contributed by atoms with Gasteiger partial charge in [-0.1, -0.05) is 30.3 Å². The zero-order valence-electron chi connectivity index (χ0n) is 13.8. The zero-order valence-corrected chi connectivity index (χ0v) is 13.8. The molecular formula is C19H21F2N3O. The van der Waals surface area contributed by atoms with E-state index in [1.807, 2.05) is 18.2 Å². The second kappa shape index (κ2) is 8.07. The lowest BCUT2D eigenvalue weighted by atomic mass is 10.0. The molecule has 2 aromatic carbocycles. The molecule has 0 aliphatic carbocycles. The van der Waals surface area contributed by atoms with Crippen molar-refractivity contribution in [1.82, 2.24) is 10.2 Å². The Balaban J connectivity index is 1.44. The number of benzene rings is 2. The lowest BCUT2D eigenvalue weighted by Crippen LogP contribution is -2.45. The van der Waals surface area contributed by atoms with E-state index in [4.69, 9.17) is 0 Å². The van der Waals surface area contributed by atoms with Gasteiger partial charge in [-0.3, -0.25) is 4.90 Å². The van der Waals surface area contributed by atoms with E-state index < -0.39 is 17.7 Å². The summed E-state index contributed by atoms with van der Waals surface area (Å²) in [6.45, 7) is 2.69. The van der Waals surface area contributed by atoms with Gasteiger partial charge < -0.3 is 10.6 Å². The van der Waals surface area contributed by atoms with Gasteiger partial charge in [0.2, 0.25) is 0 Å². The average Bonchev–Trinajstić information content (AvgIpc) is 2.60. The first-order valence-electron chi connectivity index (χ1n) is 8.39. The Hall–Kier alpha value is -2.47. The molecule has 1 aliphatic rings. The Morgan fingerprint density at radius 1 is 1.08 bits per heavy atom. The van der Waals surface area contributed by atoms with Crippen LogP contribution in [0.25, 0.3) is 0 Å². The largest absolute Gasteiger partial charge is 0.335 e. The number of carbonyl (C=O) groups is 1. The predicted molar refractivity (Wildman–Crippen MR) is 93.3 cm³/mol. The molecule has 3 rings (SSSR count). The number of rotatable bonds is 4. The molecule has 1 saturated heterocycles. The van der Waals surface area contributed by atoms with Gasteiger partial charge in [0.15, 0.2) is 0 Å². The molecule has 1 aliphatic heterocycles. The lowest BCUT2D eigenvalue weighted by Gasteiger charge is -2.32. The van der Waals surface area contributed by atoms with E-state index >= 15 is 0 Å². The van der Waals surface area contributed by atoms with Crippen LogP contribution in [-0.2, 0) is 6.54 Å². The third-order valence-corrected chi connectivity index (χ3v) is 4.35. The Kier molecular flexibility index (Phi) is 5.60. The minimum absolute atomic E-state index is 0.0274. The number of halogens is 2. The summed E-state index contributed by atoms with van der Waals surface area (Å²) in [4.78, 5) is 14.3. The number of amides is 2. The van der Waals surface area contributed by atoms with Crippen LogP contribution in [-0.4, -0.2) is 30.1 Å². The summed E-state index contributed by atoms with van der Waals surface area (Å²) in [6.07, 6.45) is 1.68. The van der Waals surface area contributed by atoms with Crippen molar-refractivity contribution in [3.63, 3.8) is 0 Å². The van der Waals surface area contributed by atoms with E-state index in [2.05, 4.69) is 27.7 Å². The maximum atomic E-state index is 13.6. The summed E-state index contributed by atoms with van der Waals surface area (Å²) in [5.41, 5.74) is 1.25. The van der Waals surface area contributed by atoms with Crippen LogP contribution >= 0.6 is 0 Å². The molecular weight excluding hydrogens is 324 g/mol. The highest BCUT2D eigenvalue weighted by atomic mass is 19.1. The van der Waals surface area contributed by atoms with Crippen molar-refractivity contribution in [3.05, 3.63) is 65.7 Å². The number of piperidine rings is 1. The van der Waals surface area contributed by atoms with Crippen molar-refractivity contribution in [3.8, 4) is 0 Å². The number of urea groups is 1. The van der Waals surface area contributed by atoms with Gasteiger partial charge in [-0.05, 0) is 30.5 Å². The quantitative estimate of drug-likeness (QED) is 0.886. The molecule has 6 heteroatoms. The Labute approximate surface area is 145 Å². The molecule has 1 heterocycles. The summed E-state index contributed by atoms with van der Waals surface area (Å²) >= 11 is 0. The predicted octanol–water partition coefficient (Wildman–Crippen LogP) is 3.75. The molecule has 25 heavy (non-hydrogen) atoms. The Morgan fingerprint density at radius 3 is 2.48 bits per heavy atom. The molecule has 0 radical (unpaired) electrons. The lowest BCUT2D eigenvalue weighted by molar-refractivity contribution is 0.190. The van der Waals surface area contributed by atoms with Crippen LogP contribution in [0.4, 0.5) is 19.3 Å². The van der Waals surface area contributed by atoms with Crippen LogP contribution in [0.5, 0.6) is 0 Å². The average molecular weight is 345 g/mol. The van der Waals surface area contributed by atoms with E-state index in [0.717, 1.165) is 44.6 Å². The molecule has 0 unspecified atom stereocenters. The van der Waals surface area contributed by atoms with Gasteiger partial charge in [0.25, 0.3) is 0 Å². The summed E-state index contributed by atoms with van der Waals surface area (Å²) in [5.74, 6) is -1.46. The van der Waals surface area contributed by atoms with Gasteiger partial charge in [0.05, 0.1) is 5.69 Å². The van der Waals surface area contributed by atoms with Crippen LogP contribution in [0, 0.1) is 11.6 Å². The van der Waals surface area contributed by atoms with E-state index in [9.17, 15) is 13.6 Å². The third-order valence-electron chi connectivity index (χ3n) is 4.35. The van der Waals surface area contributed by atoms with Crippen molar-refractivity contribution < 1.29 is 13.6 Å². The van der Waals surface area contributed by atoms with Gasteiger partial charge in [-0.2, -0.15) is 0 Å². The fraction of sp³-hybridized carbons (Fsp3) is 0.316. The molecule has 2 aromatic rings. The van der Waals surface area contributed by atoms with Crippen LogP contribution in [0.3, 0.4) is 0 Å². The summed E-state index contributed by atoms with van der Waals surface area (Å²) in [6, 6.07) is 12.9. The van der Waals surface area contributed by atoms with E-state index in [1.54, 1.807) is 0 Å². The number of nitrogens with zero attached hydrogens (tertiary/aromatic N) is 1. The molecule has 0 atom stereocenters. The monoisotopic (exact) mass is 345 g/mol. The fourth-order valence-electron chi connectivity index (χ4n) is 3.01. The second-order valence-electron chi connectivity index (χ2n) is 6.26. The number of hydrogen-bond acceptors (Lipinski definition) is 2. The standard InChI is InChI=1S/C19H21F2N3O/c20-15-6-7-18(17(21)12-15)23-19(25)22-16-8-10-24(11-9-16)13-14-4-2-1-3-5-14/h1-7,12,16H,8-11,13H2,(H2,22,23,25). The Morgan fingerprint density at radius 2 is 1.80 bits per heavy atom. The summed E-state index contributed by atoms with van der Waals surface area (Å²) in [7, 11) is 0. The van der Waals surface area contributed by atoms with Crippen molar-refractivity contribution >= 4 is 11.7 Å². The molecule has 4 nitrogen and oxygen atoms in total. The minimum Gasteiger partial charge on any atom is -0.335 e. The fourth-order valence-corrected chi connectivity index (χ4v) is 3.01. The van der Waals surface area contributed by atoms with Crippen LogP contribution in [0.2, 0.25) is 0 Å². The molecule has 2 N–H and O–H groups in total. The molecule has 0 bridgehead atoms. The van der Waals surface area contributed by atoms with E-state index in [0.29, 0.717) is 0 Å². The van der Waals surface area contributed by atoms with Crippen molar-refractivity contribution in [2.75, 3.05) is 18.4 Å². The molecule has 0 aromatic heterocycles. The van der Waals surface area contributed by atoms with Crippen molar-refractivity contribution in [2.24, 2.45) is 0 Å². The molecule has 1 fully saturated rings. The van der Waals surface area contributed by atoms with Crippen molar-refractivity contribution in [2.45, 2.75) is 25.4 Å². The summed E-state index contributed by atoms with van der Waals surface area (Å²) in [5, 5.41) is 5.29. The molecule has 132 valence electrons. The van der Waals surface area contributed by atoms with E-state index in [-0.39, 0.29) is 11.7 Å². The topological polar surface area (TPSA) is 44.4 Å². The van der Waals surface area contributed by atoms with Gasteiger partial charge >= 0.3 is 6.03 Å². The summed E-state index contributed by atoms with van der Waals surface area (Å²) < 4.78 is 26.4. The Bertz CT molecular complexity index is 716. The van der Waals surface area contributed by atoms with Gasteiger partial charge in [0, 0.05) is 31.7 Å². The van der Waals surface area contributed by atoms with Gasteiger partial charge in [-0.25, -0.2) is 13.6 Å². The number of anilines is 1. The van der Waals surface area contributed by atoms with E-state index in [1.165, 1.54) is 11.6 Å². The van der Waals surface area contributed by atoms with Crippen LogP contribution in [0.15, 0.2) is 48.5 Å². The molecule has 0 saturated carbocycles. The smallest absolute Gasteiger partial charge is 0.319 e. The normalized spacial score (nSPS) is 15.8. The third kappa shape index (κ3) is 5.00. The number of carbonyl (C=O) groups excluding carboxylic acids is 1. The zero-order chi connectivity index (χ0) is 17.6. The van der Waals surface area contributed by atoms with Gasteiger partial charge in [-0.15, -0.1) is 0 Å². The first kappa shape index (κ1) is 17.4. The SMILES string of the molecule is O=C(Nc1ccc(F)cc1F)NC1CCN(Cc2ccccc2)CC1. The van der Waals surface area contributed by atoms with Crippen LogP contribution < -0.4 is 10.6 Å².